The van der Waals surface area contributed by atoms with Crippen LogP contribution in [0.15, 0.2) is 30.3 Å². The molecule has 3 aliphatic heterocycles. The maximum absolute atomic E-state index is 13.1. The number of amides is 2. The summed E-state index contributed by atoms with van der Waals surface area (Å²) in [6.07, 6.45) is 1.90. The van der Waals surface area contributed by atoms with Gasteiger partial charge in [0.15, 0.2) is 0 Å². The highest BCUT2D eigenvalue weighted by Gasteiger charge is 2.68. The van der Waals surface area contributed by atoms with Gasteiger partial charge in [0.05, 0.1) is 18.9 Å². The average molecular weight is 386 g/mol. The van der Waals surface area contributed by atoms with Crippen molar-refractivity contribution in [2.75, 3.05) is 27.4 Å². The summed E-state index contributed by atoms with van der Waals surface area (Å²) < 4.78 is 10.6. The fourth-order valence-electron chi connectivity index (χ4n) is 5.20. The number of fused-ring (bicyclic) bond motifs is 1. The van der Waals surface area contributed by atoms with Gasteiger partial charge in [0, 0.05) is 32.7 Å². The second-order valence-corrected chi connectivity index (χ2v) is 7.98. The first-order chi connectivity index (χ1) is 13.5. The molecule has 3 aliphatic rings. The molecule has 1 N–H and O–H groups in total. The van der Waals surface area contributed by atoms with Gasteiger partial charge in [-0.2, -0.15) is 0 Å². The van der Waals surface area contributed by atoms with E-state index in [1.165, 1.54) is 19.1 Å². The number of benzene rings is 1. The Morgan fingerprint density at radius 1 is 1.21 bits per heavy atom. The van der Waals surface area contributed by atoms with Gasteiger partial charge < -0.3 is 9.47 Å². The maximum Gasteiger partial charge on any atom is 0.327 e. The van der Waals surface area contributed by atoms with Crippen LogP contribution in [0.5, 0.6) is 0 Å². The van der Waals surface area contributed by atoms with Gasteiger partial charge in [0.25, 0.3) is 0 Å². The molecule has 7 nitrogen and oxygen atoms in total. The van der Waals surface area contributed by atoms with Crippen LogP contribution in [-0.4, -0.2) is 61.6 Å². The Kier molecular flexibility index (Phi) is 4.97. The number of carbonyl (C=O) groups is 3. The quantitative estimate of drug-likeness (QED) is 0.608. The molecule has 150 valence electrons. The average Bonchev–Trinajstić information content (AvgIpc) is 3.19. The van der Waals surface area contributed by atoms with Crippen molar-refractivity contribution in [2.45, 2.75) is 30.8 Å². The summed E-state index contributed by atoms with van der Waals surface area (Å²) in [5, 5.41) is 3.46. The highest BCUT2D eigenvalue weighted by molar-refractivity contribution is 6.09. The molecule has 1 aromatic rings. The van der Waals surface area contributed by atoms with Crippen LogP contribution in [0.25, 0.3) is 0 Å². The zero-order valence-corrected chi connectivity index (χ0v) is 16.2. The fraction of sp³-hybridized carbons (Fsp3) is 0.571. The number of likely N-dealkylation sites (tertiary alicyclic amines) is 1. The normalized spacial score (nSPS) is 33.2. The van der Waals surface area contributed by atoms with Crippen molar-refractivity contribution in [2.24, 2.45) is 17.8 Å². The smallest absolute Gasteiger partial charge is 0.327 e. The van der Waals surface area contributed by atoms with Crippen LogP contribution in [0.4, 0.5) is 0 Å². The largest absolute Gasteiger partial charge is 0.468 e. The van der Waals surface area contributed by atoms with Crippen LogP contribution >= 0.6 is 0 Å². The standard InChI is InChI=1S/C21H26N2O5/c1-23-18(24)15-16(19(23)25)21(20(26)27-2,12-13-6-4-3-5-7-13)22-17(15)14-8-10-28-11-9-14/h3-7,14-17,22H,8-12H2,1-2H3/t15-,16-,17-,21-/m0/s1. The van der Waals surface area contributed by atoms with E-state index in [1.54, 1.807) is 0 Å². The number of esters is 1. The minimum absolute atomic E-state index is 0.173. The lowest BCUT2D eigenvalue weighted by atomic mass is 9.75. The van der Waals surface area contributed by atoms with Crippen molar-refractivity contribution in [3.63, 3.8) is 0 Å². The molecule has 0 bridgehead atoms. The van der Waals surface area contributed by atoms with E-state index < -0.39 is 23.3 Å². The Bertz CT molecular complexity index is 776. The van der Waals surface area contributed by atoms with E-state index in [0.29, 0.717) is 19.6 Å². The van der Waals surface area contributed by atoms with Crippen molar-refractivity contribution in [1.82, 2.24) is 10.2 Å². The van der Waals surface area contributed by atoms with Gasteiger partial charge in [0.2, 0.25) is 11.8 Å². The molecule has 2 amide bonds. The number of hydrogen-bond acceptors (Lipinski definition) is 6. The van der Waals surface area contributed by atoms with E-state index in [0.717, 1.165) is 18.4 Å². The van der Waals surface area contributed by atoms with Crippen LogP contribution in [0.2, 0.25) is 0 Å². The molecule has 4 rings (SSSR count). The van der Waals surface area contributed by atoms with Gasteiger partial charge in [-0.1, -0.05) is 30.3 Å². The molecule has 0 spiro atoms. The highest BCUT2D eigenvalue weighted by atomic mass is 16.5. The van der Waals surface area contributed by atoms with Crippen LogP contribution in [0.3, 0.4) is 0 Å². The topological polar surface area (TPSA) is 84.9 Å². The Morgan fingerprint density at radius 2 is 1.89 bits per heavy atom. The number of nitrogens with zero attached hydrogens (tertiary/aromatic N) is 1. The second-order valence-electron chi connectivity index (χ2n) is 7.98. The van der Waals surface area contributed by atoms with Gasteiger partial charge in [-0.15, -0.1) is 0 Å². The van der Waals surface area contributed by atoms with Gasteiger partial charge >= 0.3 is 5.97 Å². The molecule has 0 aromatic heterocycles. The summed E-state index contributed by atoms with van der Waals surface area (Å²) in [6, 6.07) is 9.30. The molecule has 4 atom stereocenters. The Hall–Kier alpha value is -2.25. The van der Waals surface area contributed by atoms with Gasteiger partial charge in [-0.3, -0.25) is 24.6 Å². The van der Waals surface area contributed by atoms with E-state index in [4.69, 9.17) is 9.47 Å². The zero-order chi connectivity index (χ0) is 19.9. The minimum atomic E-state index is -1.25. The SMILES string of the molecule is COC(=O)[C@@]1(Cc2ccccc2)N[C@@H](C2CCOCC2)[C@H]2C(=O)N(C)C(=O)[C@H]21. The van der Waals surface area contributed by atoms with E-state index in [9.17, 15) is 14.4 Å². The number of nitrogens with one attached hydrogen (secondary N) is 1. The molecule has 3 heterocycles. The molecule has 0 saturated carbocycles. The van der Waals surface area contributed by atoms with Gasteiger partial charge in [-0.25, -0.2) is 0 Å². The summed E-state index contributed by atoms with van der Waals surface area (Å²) in [4.78, 5) is 40.3. The van der Waals surface area contributed by atoms with Gasteiger partial charge in [-0.05, 0) is 24.3 Å². The third-order valence-electron chi connectivity index (χ3n) is 6.56. The van der Waals surface area contributed by atoms with Crippen LogP contribution in [0, 0.1) is 17.8 Å². The summed E-state index contributed by atoms with van der Waals surface area (Å²) in [5.41, 5.74) is -0.331. The first-order valence-electron chi connectivity index (χ1n) is 9.79. The molecule has 0 aliphatic carbocycles. The van der Waals surface area contributed by atoms with Crippen LogP contribution in [0.1, 0.15) is 18.4 Å². The van der Waals surface area contributed by atoms with E-state index in [-0.39, 0.29) is 23.8 Å². The van der Waals surface area contributed by atoms with E-state index in [2.05, 4.69) is 5.32 Å². The predicted molar refractivity (Wildman–Crippen MR) is 100 cm³/mol. The van der Waals surface area contributed by atoms with Gasteiger partial charge in [0.1, 0.15) is 5.54 Å². The Labute approximate surface area is 164 Å². The monoisotopic (exact) mass is 386 g/mol. The van der Waals surface area contributed by atoms with Crippen LogP contribution < -0.4 is 5.32 Å². The lowest BCUT2D eigenvalue weighted by Gasteiger charge is -2.34. The Balaban J connectivity index is 1.78. The third kappa shape index (κ3) is 2.84. The Morgan fingerprint density at radius 3 is 2.54 bits per heavy atom. The first-order valence-corrected chi connectivity index (χ1v) is 9.79. The summed E-state index contributed by atoms with van der Waals surface area (Å²) >= 11 is 0. The first kappa shape index (κ1) is 19.1. The van der Waals surface area contributed by atoms with Crippen molar-refractivity contribution in [1.29, 1.82) is 0 Å². The second kappa shape index (κ2) is 7.29. The number of ether oxygens (including phenoxy) is 2. The molecule has 3 fully saturated rings. The lowest BCUT2D eigenvalue weighted by Crippen LogP contribution is -2.59. The number of hydrogen-bond donors (Lipinski definition) is 1. The van der Waals surface area contributed by atoms with Crippen molar-refractivity contribution >= 4 is 17.8 Å². The van der Waals surface area contributed by atoms with Crippen LogP contribution in [-0.2, 0) is 30.3 Å². The number of carbonyl (C=O) groups excluding carboxylic acids is 3. The molecule has 7 heteroatoms. The third-order valence-corrected chi connectivity index (χ3v) is 6.56. The highest BCUT2D eigenvalue weighted by Crippen LogP contribution is 2.47. The lowest BCUT2D eigenvalue weighted by molar-refractivity contribution is -0.154. The van der Waals surface area contributed by atoms with Crippen molar-refractivity contribution in [3.8, 4) is 0 Å². The molecule has 3 saturated heterocycles. The molecule has 0 radical (unpaired) electrons. The van der Waals surface area contributed by atoms with Crippen molar-refractivity contribution in [3.05, 3.63) is 35.9 Å². The number of methoxy groups -OCH3 is 1. The molecule has 1 aromatic carbocycles. The number of imide groups is 1. The van der Waals surface area contributed by atoms with E-state index >= 15 is 0 Å². The van der Waals surface area contributed by atoms with E-state index in [1.807, 2.05) is 30.3 Å². The minimum Gasteiger partial charge on any atom is -0.468 e. The van der Waals surface area contributed by atoms with Crippen molar-refractivity contribution < 1.29 is 23.9 Å². The summed E-state index contributed by atoms with van der Waals surface area (Å²) in [5.74, 6) is -2.14. The fourth-order valence-corrected chi connectivity index (χ4v) is 5.20. The molecule has 28 heavy (non-hydrogen) atoms. The predicted octanol–water partition coefficient (Wildman–Crippen LogP) is 0.770. The summed E-state index contributed by atoms with van der Waals surface area (Å²) in [7, 11) is 2.84. The maximum atomic E-state index is 13.1. The zero-order valence-electron chi connectivity index (χ0n) is 16.2. The molecular weight excluding hydrogens is 360 g/mol. The molecule has 0 unspecified atom stereocenters. The number of rotatable bonds is 4. The molecular formula is C21H26N2O5. The summed E-state index contributed by atoms with van der Waals surface area (Å²) in [6.45, 7) is 1.25.